The van der Waals surface area contributed by atoms with Crippen LogP contribution in [0.2, 0.25) is 0 Å². The molecule has 0 aliphatic rings. The normalized spacial score (nSPS) is 14.3. The molecule has 0 spiro atoms. The van der Waals surface area contributed by atoms with Gasteiger partial charge in [-0.25, -0.2) is 0 Å². The number of hydrogen-bond donors (Lipinski definition) is 6. The Bertz CT molecular complexity index is 272. The van der Waals surface area contributed by atoms with Gasteiger partial charge in [-0.05, 0) is 13.1 Å². The molecule has 92 valence electrons. The van der Waals surface area contributed by atoms with Crippen molar-refractivity contribution >= 4 is 15.2 Å². The predicted octanol–water partition coefficient (Wildman–Crippen LogP) is -1.01. The molecule has 0 aromatic carbocycles. The molecule has 0 saturated heterocycles. The van der Waals surface area contributed by atoms with Crippen molar-refractivity contribution in [1.29, 1.82) is 0 Å². The van der Waals surface area contributed by atoms with Crippen LogP contribution < -0.4 is 5.32 Å². The molecule has 0 aliphatic heterocycles. The van der Waals surface area contributed by atoms with Gasteiger partial charge in [0.25, 0.3) is 5.08 Å². The van der Waals surface area contributed by atoms with E-state index in [2.05, 4.69) is 5.32 Å². The van der Waals surface area contributed by atoms with Gasteiger partial charge in [0.1, 0.15) is 0 Å². The standard InChI is InChI=1S/C5H15NO7P2/c1-2-6-4-3-5(7,14(8,9)10)15(11,12)13/h6-7H,2-4H2,1H3,(H2,8,9,10)(H2,11,12,13). The Balaban J connectivity index is 4.91. The molecule has 0 aromatic heterocycles. The highest BCUT2D eigenvalue weighted by molar-refractivity contribution is 7.72. The summed E-state index contributed by atoms with van der Waals surface area (Å²) in [6, 6.07) is 0. The highest BCUT2D eigenvalue weighted by Crippen LogP contribution is 2.68. The molecule has 0 unspecified atom stereocenters. The van der Waals surface area contributed by atoms with Gasteiger partial charge in [0.2, 0.25) is 0 Å². The average Bonchev–Trinajstić information content (AvgIpc) is 2.00. The first-order chi connectivity index (χ1) is 6.56. The van der Waals surface area contributed by atoms with E-state index in [1.54, 1.807) is 6.92 Å². The molecular weight excluding hydrogens is 248 g/mol. The zero-order valence-corrected chi connectivity index (χ0v) is 9.86. The van der Waals surface area contributed by atoms with Gasteiger partial charge < -0.3 is 30.0 Å². The summed E-state index contributed by atoms with van der Waals surface area (Å²) in [5.41, 5.74) is 0. The number of aliphatic hydroxyl groups is 1. The van der Waals surface area contributed by atoms with E-state index in [4.69, 9.17) is 19.6 Å². The van der Waals surface area contributed by atoms with E-state index >= 15 is 0 Å². The van der Waals surface area contributed by atoms with Crippen molar-refractivity contribution in [3.63, 3.8) is 0 Å². The van der Waals surface area contributed by atoms with Gasteiger partial charge in [0.15, 0.2) is 0 Å². The third kappa shape index (κ3) is 3.62. The lowest BCUT2D eigenvalue weighted by atomic mass is 10.4. The van der Waals surface area contributed by atoms with E-state index in [1.807, 2.05) is 0 Å². The molecule has 8 nitrogen and oxygen atoms in total. The highest BCUT2D eigenvalue weighted by atomic mass is 31.2. The van der Waals surface area contributed by atoms with Gasteiger partial charge in [-0.15, -0.1) is 0 Å². The monoisotopic (exact) mass is 263 g/mol. The first-order valence-electron chi connectivity index (χ1n) is 4.10. The zero-order chi connectivity index (χ0) is 12.3. The Hall–Kier alpha value is 0.220. The minimum absolute atomic E-state index is 0.108. The second-order valence-corrected chi connectivity index (χ2v) is 6.97. The van der Waals surface area contributed by atoms with Crippen LogP contribution in [0.5, 0.6) is 0 Å². The van der Waals surface area contributed by atoms with Crippen LogP contribution in [0.4, 0.5) is 0 Å². The molecule has 0 aromatic rings. The zero-order valence-electron chi connectivity index (χ0n) is 8.07. The Morgan fingerprint density at radius 3 is 1.80 bits per heavy atom. The first kappa shape index (κ1) is 15.2. The van der Waals surface area contributed by atoms with Crippen molar-refractivity contribution in [2.75, 3.05) is 13.1 Å². The Morgan fingerprint density at radius 1 is 1.13 bits per heavy atom. The maximum Gasteiger partial charge on any atom is 0.369 e. The fraction of sp³-hybridized carbons (Fsp3) is 1.00. The summed E-state index contributed by atoms with van der Waals surface area (Å²) < 4.78 is 21.6. The van der Waals surface area contributed by atoms with E-state index < -0.39 is 26.7 Å². The van der Waals surface area contributed by atoms with Crippen molar-refractivity contribution in [3.8, 4) is 0 Å². The molecule has 0 bridgehead atoms. The molecule has 0 rings (SSSR count). The van der Waals surface area contributed by atoms with E-state index in [-0.39, 0.29) is 6.54 Å². The lowest BCUT2D eigenvalue weighted by Gasteiger charge is -2.29. The largest absolute Gasteiger partial charge is 0.369 e. The van der Waals surface area contributed by atoms with Gasteiger partial charge in [0.05, 0.1) is 0 Å². The molecule has 0 atom stereocenters. The summed E-state index contributed by atoms with van der Waals surface area (Å²) in [6.07, 6.45) is -0.727. The van der Waals surface area contributed by atoms with Crippen LogP contribution in [0.3, 0.4) is 0 Å². The molecule has 0 radical (unpaired) electrons. The van der Waals surface area contributed by atoms with Crippen molar-refractivity contribution < 1.29 is 33.8 Å². The van der Waals surface area contributed by atoms with Crippen LogP contribution in [0.15, 0.2) is 0 Å². The SMILES string of the molecule is CCNCCC(O)(P(=O)(O)O)P(=O)(O)O. The summed E-state index contributed by atoms with van der Waals surface area (Å²) in [4.78, 5) is 34.9. The summed E-state index contributed by atoms with van der Waals surface area (Å²) in [6.45, 7) is 2.05. The van der Waals surface area contributed by atoms with Crippen molar-refractivity contribution in [3.05, 3.63) is 0 Å². The van der Waals surface area contributed by atoms with Gasteiger partial charge in [-0.1, -0.05) is 6.92 Å². The first-order valence-corrected chi connectivity index (χ1v) is 7.33. The second kappa shape index (κ2) is 5.03. The predicted molar refractivity (Wildman–Crippen MR) is 52.2 cm³/mol. The Kier molecular flexibility index (Phi) is 5.11. The van der Waals surface area contributed by atoms with Crippen molar-refractivity contribution in [2.24, 2.45) is 0 Å². The van der Waals surface area contributed by atoms with Crippen LogP contribution in [0.1, 0.15) is 13.3 Å². The van der Waals surface area contributed by atoms with E-state index in [9.17, 15) is 14.2 Å². The molecule has 0 fully saturated rings. The van der Waals surface area contributed by atoms with Gasteiger partial charge in [0, 0.05) is 6.42 Å². The van der Waals surface area contributed by atoms with E-state index in [1.165, 1.54) is 0 Å². The average molecular weight is 263 g/mol. The smallest absolute Gasteiger partial charge is 0.367 e. The molecular formula is C5H15NO7P2. The molecule has 6 N–H and O–H groups in total. The lowest BCUT2D eigenvalue weighted by Crippen LogP contribution is -2.33. The molecule has 0 heterocycles. The van der Waals surface area contributed by atoms with Crippen LogP contribution in [0, 0.1) is 0 Å². The summed E-state index contributed by atoms with van der Waals surface area (Å²) >= 11 is 0. The summed E-state index contributed by atoms with van der Waals surface area (Å²) in [5.74, 6) is 0. The van der Waals surface area contributed by atoms with Crippen molar-refractivity contribution in [2.45, 2.75) is 18.4 Å². The van der Waals surface area contributed by atoms with Crippen LogP contribution >= 0.6 is 15.2 Å². The lowest BCUT2D eigenvalue weighted by molar-refractivity contribution is 0.123. The van der Waals surface area contributed by atoms with Gasteiger partial charge in [-0.2, -0.15) is 0 Å². The molecule has 0 aliphatic carbocycles. The molecule has 0 saturated carbocycles. The Labute approximate surface area is 86.6 Å². The number of nitrogens with one attached hydrogen (secondary N) is 1. The third-order valence-corrected chi connectivity index (χ3v) is 5.70. The highest BCUT2D eigenvalue weighted by Gasteiger charge is 2.58. The molecule has 15 heavy (non-hydrogen) atoms. The van der Waals surface area contributed by atoms with E-state index in [0.29, 0.717) is 6.54 Å². The minimum atomic E-state index is -5.30. The van der Waals surface area contributed by atoms with Crippen LogP contribution in [-0.4, -0.2) is 42.9 Å². The van der Waals surface area contributed by atoms with Crippen LogP contribution in [-0.2, 0) is 9.13 Å². The minimum Gasteiger partial charge on any atom is -0.367 e. The third-order valence-electron chi connectivity index (χ3n) is 1.82. The molecule has 10 heteroatoms. The fourth-order valence-corrected chi connectivity index (χ4v) is 3.06. The van der Waals surface area contributed by atoms with E-state index in [0.717, 1.165) is 0 Å². The second-order valence-electron chi connectivity index (χ2n) is 2.97. The van der Waals surface area contributed by atoms with Gasteiger partial charge >= 0.3 is 15.2 Å². The maximum atomic E-state index is 10.8. The summed E-state index contributed by atoms with van der Waals surface area (Å²) in [5, 5.41) is 8.64. The number of rotatable bonds is 6. The topological polar surface area (TPSA) is 147 Å². The quantitative estimate of drug-likeness (QED) is 0.264. The maximum absolute atomic E-state index is 10.8. The summed E-state index contributed by atoms with van der Waals surface area (Å²) in [7, 11) is -10.6. The molecule has 0 amide bonds. The Morgan fingerprint density at radius 2 is 1.53 bits per heavy atom. The number of hydrogen-bond acceptors (Lipinski definition) is 4. The van der Waals surface area contributed by atoms with Crippen LogP contribution in [0.25, 0.3) is 0 Å². The van der Waals surface area contributed by atoms with Crippen molar-refractivity contribution in [1.82, 2.24) is 5.32 Å². The fourth-order valence-electron chi connectivity index (χ4n) is 0.894. The van der Waals surface area contributed by atoms with Gasteiger partial charge in [-0.3, -0.25) is 9.13 Å².